The normalized spacial score (nSPS) is 12.6. The summed E-state index contributed by atoms with van der Waals surface area (Å²) in [6.45, 7) is 1.76. The molecule has 0 fully saturated rings. The van der Waals surface area contributed by atoms with Crippen molar-refractivity contribution in [2.45, 2.75) is 32.6 Å². The highest BCUT2D eigenvalue weighted by molar-refractivity contribution is 5.71. The van der Waals surface area contributed by atoms with Gasteiger partial charge in [0.05, 0.1) is 6.61 Å². The van der Waals surface area contributed by atoms with E-state index < -0.39 is 5.97 Å². The highest BCUT2D eigenvalue weighted by Crippen LogP contribution is 2.37. The van der Waals surface area contributed by atoms with Gasteiger partial charge in [-0.15, -0.1) is 0 Å². The molecule has 5 rings (SSSR count). The predicted octanol–water partition coefficient (Wildman–Crippen LogP) is 5.42. The largest absolute Gasteiger partial charge is 0.507 e. The fourth-order valence-corrected chi connectivity index (χ4v) is 5.05. The Labute approximate surface area is 221 Å². The Bertz CT molecular complexity index is 1400. The summed E-state index contributed by atoms with van der Waals surface area (Å²) in [5, 5.41) is 33.5. The molecule has 6 nitrogen and oxygen atoms in total. The molecule has 38 heavy (non-hydrogen) atoms. The van der Waals surface area contributed by atoms with Crippen molar-refractivity contribution >= 4 is 5.97 Å². The lowest BCUT2D eigenvalue weighted by Crippen LogP contribution is -2.16. The summed E-state index contributed by atoms with van der Waals surface area (Å²) in [4.78, 5) is 12.1. The third kappa shape index (κ3) is 5.16. The number of fused-ring (bicyclic) bond motifs is 8. The van der Waals surface area contributed by atoms with E-state index >= 15 is 0 Å². The molecule has 1 aliphatic carbocycles. The zero-order valence-electron chi connectivity index (χ0n) is 21.2. The van der Waals surface area contributed by atoms with Gasteiger partial charge in [-0.1, -0.05) is 72.8 Å². The Morgan fingerprint density at radius 3 is 1.26 bits per heavy atom. The van der Waals surface area contributed by atoms with Crippen molar-refractivity contribution in [2.75, 3.05) is 13.2 Å². The highest BCUT2D eigenvalue weighted by atomic mass is 16.6. The second kappa shape index (κ2) is 10.9. The molecule has 0 radical (unpaired) electrons. The maximum absolute atomic E-state index is 12.1. The van der Waals surface area contributed by atoms with Crippen LogP contribution in [0.1, 0.15) is 51.4 Å². The summed E-state index contributed by atoms with van der Waals surface area (Å²) in [7, 11) is 0. The predicted molar refractivity (Wildman–Crippen MR) is 144 cm³/mol. The average Bonchev–Trinajstić information content (AvgIpc) is 2.90. The number of ether oxygens (including phenoxy) is 2. The number of hydrogen-bond acceptors (Lipinski definition) is 6. The van der Waals surface area contributed by atoms with E-state index in [1.807, 2.05) is 72.8 Å². The summed E-state index contributed by atoms with van der Waals surface area (Å²) in [5.74, 6) is 0.549. The van der Waals surface area contributed by atoms with Crippen LogP contribution in [0.25, 0.3) is 0 Å². The second-order valence-electron chi connectivity index (χ2n) is 9.48. The maximum atomic E-state index is 12.1. The molecule has 4 aromatic carbocycles. The highest BCUT2D eigenvalue weighted by Gasteiger charge is 2.19. The van der Waals surface area contributed by atoms with Crippen molar-refractivity contribution in [3.05, 3.63) is 117 Å². The van der Waals surface area contributed by atoms with Gasteiger partial charge < -0.3 is 24.8 Å². The first-order valence-corrected chi connectivity index (χ1v) is 12.7. The number of phenols is 3. The van der Waals surface area contributed by atoms with E-state index in [0.717, 1.165) is 11.1 Å². The first kappa shape index (κ1) is 25.2. The lowest BCUT2D eigenvalue weighted by atomic mass is 9.91. The van der Waals surface area contributed by atoms with Crippen LogP contribution in [0.2, 0.25) is 0 Å². The fraction of sp³-hybridized carbons (Fsp3) is 0.219. The summed E-state index contributed by atoms with van der Waals surface area (Å²) in [6, 6.07) is 22.5. The van der Waals surface area contributed by atoms with Gasteiger partial charge in [0.15, 0.2) is 6.61 Å². The van der Waals surface area contributed by atoms with Crippen molar-refractivity contribution in [2.24, 2.45) is 0 Å². The number of para-hydroxylation sites is 4. The third-order valence-corrected chi connectivity index (χ3v) is 6.95. The van der Waals surface area contributed by atoms with Crippen LogP contribution in [0.5, 0.6) is 23.0 Å². The lowest BCUT2D eigenvalue weighted by Gasteiger charge is -2.19. The number of hydrogen-bond donors (Lipinski definition) is 3. The number of benzene rings is 4. The molecule has 0 unspecified atom stereocenters. The standard InChI is InChI=1S/C32H30O6/c1-2-37-28(33)19-38-32-26-13-6-14-27(32)18-25-12-5-10-23(31(25)36)16-21-8-3-7-20(29(21)34)15-22-9-4-11-24(17-26)30(22)35/h3-14,34-36H,2,15-19H2,1H3. The van der Waals surface area contributed by atoms with Crippen LogP contribution < -0.4 is 4.74 Å². The maximum Gasteiger partial charge on any atom is 0.344 e. The summed E-state index contributed by atoms with van der Waals surface area (Å²) in [6.07, 6.45) is 1.42. The van der Waals surface area contributed by atoms with Crippen LogP contribution in [0.15, 0.2) is 72.8 Å². The second-order valence-corrected chi connectivity index (χ2v) is 9.48. The molecule has 6 heteroatoms. The molecule has 8 bridgehead atoms. The Balaban J connectivity index is 1.66. The van der Waals surface area contributed by atoms with E-state index in [0.29, 0.717) is 64.8 Å². The molecule has 0 amide bonds. The SMILES string of the molecule is CCOC(=O)COc1c2cccc1Cc1cccc(c1O)Cc1cccc(c1O)Cc1cccc(c1O)C2. The molecule has 0 heterocycles. The van der Waals surface area contributed by atoms with E-state index in [1.165, 1.54) is 0 Å². The van der Waals surface area contributed by atoms with Crippen molar-refractivity contribution in [3.8, 4) is 23.0 Å². The van der Waals surface area contributed by atoms with Gasteiger partial charge in [-0.25, -0.2) is 4.79 Å². The number of aromatic hydroxyl groups is 3. The fourth-order valence-electron chi connectivity index (χ4n) is 5.05. The molecule has 0 aliphatic heterocycles. The Kier molecular flexibility index (Phi) is 7.22. The van der Waals surface area contributed by atoms with E-state index in [2.05, 4.69) is 0 Å². The number of esters is 1. The minimum atomic E-state index is -0.467. The summed E-state index contributed by atoms with van der Waals surface area (Å²) < 4.78 is 11.1. The van der Waals surface area contributed by atoms with Gasteiger partial charge in [0.1, 0.15) is 23.0 Å². The number of phenolic OH excluding ortho intramolecular Hbond substituents is 3. The third-order valence-electron chi connectivity index (χ3n) is 6.95. The molecule has 0 spiro atoms. The van der Waals surface area contributed by atoms with Gasteiger partial charge in [0.2, 0.25) is 0 Å². The van der Waals surface area contributed by atoms with Crippen molar-refractivity contribution in [1.82, 2.24) is 0 Å². The van der Waals surface area contributed by atoms with Gasteiger partial charge >= 0.3 is 5.97 Å². The van der Waals surface area contributed by atoms with Gasteiger partial charge in [0.25, 0.3) is 0 Å². The van der Waals surface area contributed by atoms with Gasteiger partial charge in [-0.05, 0) is 51.4 Å². The molecule has 0 saturated carbocycles. The molecule has 194 valence electrons. The van der Waals surface area contributed by atoms with Crippen molar-refractivity contribution in [1.29, 1.82) is 0 Å². The van der Waals surface area contributed by atoms with E-state index in [4.69, 9.17) is 9.47 Å². The van der Waals surface area contributed by atoms with Gasteiger partial charge in [-0.3, -0.25) is 0 Å². The van der Waals surface area contributed by atoms with Crippen LogP contribution in [-0.2, 0) is 35.2 Å². The molecule has 0 aromatic heterocycles. The van der Waals surface area contributed by atoms with Crippen LogP contribution in [0.4, 0.5) is 0 Å². The van der Waals surface area contributed by atoms with Crippen LogP contribution in [0, 0.1) is 0 Å². The van der Waals surface area contributed by atoms with Gasteiger partial charge in [0, 0.05) is 25.7 Å². The molecule has 0 saturated heterocycles. The van der Waals surface area contributed by atoms with E-state index in [1.54, 1.807) is 6.92 Å². The average molecular weight is 511 g/mol. The van der Waals surface area contributed by atoms with Crippen LogP contribution in [-0.4, -0.2) is 34.5 Å². The molecule has 0 atom stereocenters. The monoisotopic (exact) mass is 510 g/mol. The smallest absolute Gasteiger partial charge is 0.344 e. The molecular formula is C32H30O6. The lowest BCUT2D eigenvalue weighted by molar-refractivity contribution is -0.145. The first-order chi connectivity index (χ1) is 18.4. The van der Waals surface area contributed by atoms with E-state index in [9.17, 15) is 20.1 Å². The Hall–Kier alpha value is -4.45. The molecular weight excluding hydrogens is 480 g/mol. The zero-order valence-corrected chi connectivity index (χ0v) is 21.2. The summed E-state index contributed by atoms with van der Waals surface area (Å²) in [5.41, 5.74) is 5.77. The number of carbonyl (C=O) groups excluding carboxylic acids is 1. The molecule has 3 N–H and O–H groups in total. The zero-order chi connectivity index (χ0) is 26.6. The quantitative estimate of drug-likeness (QED) is 0.279. The molecule has 4 aromatic rings. The van der Waals surface area contributed by atoms with Crippen molar-refractivity contribution < 1.29 is 29.6 Å². The molecule has 1 aliphatic rings. The number of rotatable bonds is 4. The minimum Gasteiger partial charge on any atom is -0.507 e. The van der Waals surface area contributed by atoms with Crippen molar-refractivity contribution in [3.63, 3.8) is 0 Å². The topological polar surface area (TPSA) is 96.2 Å². The van der Waals surface area contributed by atoms with Gasteiger partial charge in [-0.2, -0.15) is 0 Å². The van der Waals surface area contributed by atoms with Crippen LogP contribution in [0.3, 0.4) is 0 Å². The van der Waals surface area contributed by atoms with E-state index in [-0.39, 0.29) is 30.5 Å². The summed E-state index contributed by atoms with van der Waals surface area (Å²) >= 11 is 0. The first-order valence-electron chi connectivity index (χ1n) is 12.7. The Morgan fingerprint density at radius 2 is 0.921 bits per heavy atom. The van der Waals surface area contributed by atoms with Crippen LogP contribution >= 0.6 is 0 Å². The number of carbonyl (C=O) groups is 1. The minimum absolute atomic E-state index is 0.161. The Morgan fingerprint density at radius 1 is 0.605 bits per heavy atom.